The van der Waals surface area contributed by atoms with Crippen molar-refractivity contribution in [2.45, 2.75) is 12.8 Å². The summed E-state index contributed by atoms with van der Waals surface area (Å²) in [4.78, 5) is 19.9. The van der Waals surface area contributed by atoms with Gasteiger partial charge in [-0.3, -0.25) is 4.79 Å². The molecular weight excluding hydrogens is 347 g/mol. The molecule has 0 aliphatic heterocycles. The molecule has 2 aromatic rings. The molecule has 1 aromatic carbocycles. The Bertz CT molecular complexity index is 813. The Kier molecular flexibility index (Phi) is 8.00. The van der Waals surface area contributed by atoms with E-state index in [-0.39, 0.29) is 11.7 Å². The van der Waals surface area contributed by atoms with Crippen LogP contribution in [0.3, 0.4) is 0 Å². The van der Waals surface area contributed by atoms with Gasteiger partial charge in [-0.25, -0.2) is 9.37 Å². The van der Waals surface area contributed by atoms with Crippen LogP contribution in [-0.2, 0) is 4.79 Å². The van der Waals surface area contributed by atoms with Crippen molar-refractivity contribution in [3.8, 4) is 11.8 Å². The number of carbonyl (C=O) groups is 1. The maximum Gasteiger partial charge on any atom is 0.233 e. The highest BCUT2D eigenvalue weighted by molar-refractivity contribution is 5.77. The number of anilines is 3. The van der Waals surface area contributed by atoms with Gasteiger partial charge in [-0.05, 0) is 37.7 Å². The quantitative estimate of drug-likeness (QED) is 0.419. The van der Waals surface area contributed by atoms with Crippen LogP contribution in [0.2, 0.25) is 0 Å². The first-order valence-electron chi connectivity index (χ1n) is 8.60. The van der Waals surface area contributed by atoms with E-state index in [1.54, 1.807) is 32.4 Å². The summed E-state index contributed by atoms with van der Waals surface area (Å²) in [5.74, 6) is 6.76. The van der Waals surface area contributed by atoms with E-state index in [0.717, 1.165) is 6.42 Å². The van der Waals surface area contributed by atoms with Crippen LogP contribution in [-0.4, -0.2) is 43.1 Å². The lowest BCUT2D eigenvalue weighted by atomic mass is 10.2. The van der Waals surface area contributed by atoms with E-state index in [4.69, 9.17) is 0 Å². The van der Waals surface area contributed by atoms with Crippen molar-refractivity contribution >= 4 is 23.4 Å². The minimum absolute atomic E-state index is 0.0272. The SMILES string of the molecule is CNCC(=O)NCCCC#Cc1cnc(Nc2ccc(F)cc2)nc1NC. The lowest BCUT2D eigenvalue weighted by molar-refractivity contribution is -0.120. The van der Waals surface area contributed by atoms with E-state index in [0.29, 0.717) is 42.5 Å². The Morgan fingerprint density at radius 2 is 2.00 bits per heavy atom. The predicted octanol–water partition coefficient (Wildman–Crippen LogP) is 1.87. The van der Waals surface area contributed by atoms with Gasteiger partial charge in [0.1, 0.15) is 11.6 Å². The van der Waals surface area contributed by atoms with Crippen LogP contribution in [0.15, 0.2) is 30.5 Å². The number of hydrogen-bond acceptors (Lipinski definition) is 6. The number of likely N-dealkylation sites (N-methyl/N-ethyl adjacent to an activating group) is 1. The molecule has 0 atom stereocenters. The average molecular weight is 370 g/mol. The second-order valence-electron chi connectivity index (χ2n) is 5.62. The number of nitrogens with one attached hydrogen (secondary N) is 4. The van der Waals surface area contributed by atoms with E-state index in [9.17, 15) is 9.18 Å². The van der Waals surface area contributed by atoms with Crippen LogP contribution in [0.1, 0.15) is 18.4 Å². The minimum atomic E-state index is -0.301. The molecule has 0 radical (unpaired) electrons. The molecule has 0 saturated heterocycles. The summed E-state index contributed by atoms with van der Waals surface area (Å²) in [6, 6.07) is 5.95. The van der Waals surface area contributed by atoms with Crippen molar-refractivity contribution < 1.29 is 9.18 Å². The molecule has 2 rings (SSSR count). The van der Waals surface area contributed by atoms with Crippen LogP contribution in [0.5, 0.6) is 0 Å². The van der Waals surface area contributed by atoms with Crippen LogP contribution in [0.4, 0.5) is 21.8 Å². The summed E-state index contributed by atoms with van der Waals surface area (Å²) in [5, 5.41) is 11.6. The number of amides is 1. The van der Waals surface area contributed by atoms with E-state index < -0.39 is 0 Å². The fourth-order valence-electron chi connectivity index (χ4n) is 2.17. The maximum absolute atomic E-state index is 13.0. The van der Waals surface area contributed by atoms with Gasteiger partial charge in [-0.1, -0.05) is 11.8 Å². The Balaban J connectivity index is 1.90. The van der Waals surface area contributed by atoms with Crippen LogP contribution < -0.4 is 21.3 Å². The van der Waals surface area contributed by atoms with Gasteiger partial charge in [0.25, 0.3) is 0 Å². The number of benzene rings is 1. The van der Waals surface area contributed by atoms with Gasteiger partial charge in [0.2, 0.25) is 11.9 Å². The maximum atomic E-state index is 13.0. The van der Waals surface area contributed by atoms with Crippen LogP contribution in [0, 0.1) is 17.7 Å². The largest absolute Gasteiger partial charge is 0.372 e. The van der Waals surface area contributed by atoms with Gasteiger partial charge in [0.15, 0.2) is 0 Å². The predicted molar refractivity (Wildman–Crippen MR) is 104 cm³/mol. The number of carbonyl (C=O) groups excluding carboxylic acids is 1. The molecule has 0 spiro atoms. The Hall–Kier alpha value is -3.18. The van der Waals surface area contributed by atoms with E-state index in [1.165, 1.54) is 12.1 Å². The zero-order valence-electron chi connectivity index (χ0n) is 15.4. The van der Waals surface area contributed by atoms with Crippen LogP contribution >= 0.6 is 0 Å². The molecule has 1 heterocycles. The lowest BCUT2D eigenvalue weighted by Crippen LogP contribution is -2.32. The second kappa shape index (κ2) is 10.7. The number of halogens is 1. The molecule has 27 heavy (non-hydrogen) atoms. The van der Waals surface area contributed by atoms with Crippen molar-refractivity contribution in [1.29, 1.82) is 0 Å². The third-order valence-electron chi connectivity index (χ3n) is 3.49. The Morgan fingerprint density at radius 1 is 1.22 bits per heavy atom. The standard InChI is InChI=1S/C19H23FN6O/c1-21-13-17(27)23-11-5-3-4-6-14-12-24-19(26-18(14)22-2)25-16-9-7-15(20)8-10-16/h7-10,12,21H,3,5,11,13H2,1-2H3,(H,23,27)(H2,22,24,25,26). The molecule has 0 saturated carbocycles. The van der Waals surface area contributed by atoms with Gasteiger partial charge < -0.3 is 21.3 Å². The molecule has 0 aliphatic rings. The van der Waals surface area contributed by atoms with Crippen molar-refractivity contribution in [2.24, 2.45) is 0 Å². The molecule has 0 aliphatic carbocycles. The molecule has 0 bridgehead atoms. The Labute approximate surface area is 158 Å². The average Bonchev–Trinajstić information content (AvgIpc) is 2.67. The van der Waals surface area contributed by atoms with E-state index in [1.807, 2.05) is 0 Å². The van der Waals surface area contributed by atoms with Crippen LogP contribution in [0.25, 0.3) is 0 Å². The number of hydrogen-bond donors (Lipinski definition) is 4. The van der Waals surface area contributed by atoms with Crippen molar-refractivity contribution in [3.05, 3.63) is 41.8 Å². The number of rotatable bonds is 8. The van der Waals surface area contributed by atoms with Crippen molar-refractivity contribution in [2.75, 3.05) is 37.8 Å². The zero-order valence-corrected chi connectivity index (χ0v) is 15.4. The van der Waals surface area contributed by atoms with Gasteiger partial charge in [0, 0.05) is 25.7 Å². The van der Waals surface area contributed by atoms with Gasteiger partial charge in [-0.2, -0.15) is 4.98 Å². The molecule has 7 nitrogen and oxygen atoms in total. The Morgan fingerprint density at radius 3 is 2.70 bits per heavy atom. The second-order valence-corrected chi connectivity index (χ2v) is 5.62. The number of aromatic nitrogens is 2. The van der Waals surface area contributed by atoms with Crippen molar-refractivity contribution in [1.82, 2.24) is 20.6 Å². The first kappa shape index (κ1) is 20.1. The van der Waals surface area contributed by atoms with Gasteiger partial charge in [0.05, 0.1) is 18.3 Å². The zero-order chi connectivity index (χ0) is 19.5. The highest BCUT2D eigenvalue weighted by Crippen LogP contribution is 2.17. The molecule has 1 aromatic heterocycles. The molecule has 8 heteroatoms. The smallest absolute Gasteiger partial charge is 0.233 e. The first-order valence-corrected chi connectivity index (χ1v) is 8.60. The highest BCUT2D eigenvalue weighted by Gasteiger charge is 2.04. The fraction of sp³-hybridized carbons (Fsp3) is 0.316. The monoisotopic (exact) mass is 370 g/mol. The minimum Gasteiger partial charge on any atom is -0.372 e. The third kappa shape index (κ3) is 6.92. The topological polar surface area (TPSA) is 91.0 Å². The first-order chi connectivity index (χ1) is 13.1. The highest BCUT2D eigenvalue weighted by atomic mass is 19.1. The summed E-state index contributed by atoms with van der Waals surface area (Å²) in [7, 11) is 3.49. The van der Waals surface area contributed by atoms with Gasteiger partial charge in [-0.15, -0.1) is 0 Å². The molecule has 0 fully saturated rings. The summed E-state index contributed by atoms with van der Waals surface area (Å²) in [6.07, 6.45) is 3.05. The van der Waals surface area contributed by atoms with Crippen molar-refractivity contribution in [3.63, 3.8) is 0 Å². The molecular formula is C19H23FN6O. The number of unbranched alkanes of at least 4 members (excludes halogenated alkanes) is 1. The molecule has 0 unspecified atom stereocenters. The van der Waals surface area contributed by atoms with E-state index in [2.05, 4.69) is 43.1 Å². The fourth-order valence-corrected chi connectivity index (χ4v) is 2.17. The summed E-state index contributed by atoms with van der Waals surface area (Å²) in [5.41, 5.74) is 1.37. The number of nitrogens with zero attached hydrogens (tertiary/aromatic N) is 2. The van der Waals surface area contributed by atoms with Gasteiger partial charge >= 0.3 is 0 Å². The lowest BCUT2D eigenvalue weighted by Gasteiger charge is -2.08. The molecule has 142 valence electrons. The summed E-state index contributed by atoms with van der Waals surface area (Å²) in [6.45, 7) is 0.901. The van der Waals surface area contributed by atoms with E-state index >= 15 is 0 Å². The summed E-state index contributed by atoms with van der Waals surface area (Å²) >= 11 is 0. The normalized spacial score (nSPS) is 9.89. The molecule has 4 N–H and O–H groups in total. The molecule has 1 amide bonds. The summed E-state index contributed by atoms with van der Waals surface area (Å²) < 4.78 is 13.0. The third-order valence-corrected chi connectivity index (χ3v) is 3.49.